The van der Waals surface area contributed by atoms with E-state index in [1.54, 1.807) is 12.1 Å². The van der Waals surface area contributed by atoms with Crippen LogP contribution < -0.4 is 14.6 Å². The van der Waals surface area contributed by atoms with Gasteiger partial charge in [-0.25, -0.2) is 18.2 Å². The van der Waals surface area contributed by atoms with E-state index >= 15 is 0 Å². The summed E-state index contributed by atoms with van der Waals surface area (Å²) in [5.74, 6) is -1.17. The minimum atomic E-state index is -4.09. The molecule has 0 heterocycles. The number of nitrogens with zero attached hydrogens (tertiary/aromatic N) is 3. The fraction of sp³-hybridized carbons (Fsp3) is 0.167. The highest BCUT2D eigenvalue weighted by Gasteiger charge is 2.27. The molecule has 1 N–H and O–H groups in total. The van der Waals surface area contributed by atoms with Gasteiger partial charge in [-0.1, -0.05) is 23.8 Å². The first-order valence-electron chi connectivity index (χ1n) is 10.2. The van der Waals surface area contributed by atoms with Crippen LogP contribution in [0.4, 0.5) is 15.8 Å². The van der Waals surface area contributed by atoms with Crippen LogP contribution in [0.3, 0.4) is 0 Å². The number of aryl methyl sites for hydroxylation is 1. The van der Waals surface area contributed by atoms with E-state index in [9.17, 15) is 17.6 Å². The molecule has 0 radical (unpaired) electrons. The van der Waals surface area contributed by atoms with E-state index in [1.807, 2.05) is 44.1 Å². The molecule has 0 saturated carbocycles. The summed E-state index contributed by atoms with van der Waals surface area (Å²) < 4.78 is 41.8. The van der Waals surface area contributed by atoms with E-state index in [1.165, 1.54) is 30.5 Å². The molecule has 0 aromatic heterocycles. The zero-order chi connectivity index (χ0) is 24.9. The molecule has 0 atom stereocenters. The van der Waals surface area contributed by atoms with E-state index < -0.39 is 28.3 Å². The van der Waals surface area contributed by atoms with Gasteiger partial charge < -0.3 is 4.90 Å². The summed E-state index contributed by atoms with van der Waals surface area (Å²) in [7, 11) is -0.243. The summed E-state index contributed by atoms with van der Waals surface area (Å²) in [6, 6.07) is 16.7. The topological polar surface area (TPSA) is 82.1 Å². The van der Waals surface area contributed by atoms with Gasteiger partial charge in [-0.3, -0.25) is 9.10 Å². The highest BCUT2D eigenvalue weighted by Crippen LogP contribution is 2.26. The highest BCUT2D eigenvalue weighted by atomic mass is 79.9. The van der Waals surface area contributed by atoms with Crippen molar-refractivity contribution < 1.29 is 17.6 Å². The van der Waals surface area contributed by atoms with E-state index in [4.69, 9.17) is 0 Å². The minimum absolute atomic E-state index is 0.0181. The number of hydrazone groups is 1. The molecule has 0 saturated heterocycles. The number of hydrogen-bond donors (Lipinski definition) is 1. The van der Waals surface area contributed by atoms with Gasteiger partial charge in [-0.05, 0) is 76.9 Å². The Bertz CT molecular complexity index is 1290. The summed E-state index contributed by atoms with van der Waals surface area (Å²) in [5, 5.41) is 3.94. The molecular formula is C24H24BrFN4O3S. The van der Waals surface area contributed by atoms with Crippen molar-refractivity contribution in [1.29, 1.82) is 0 Å². The lowest BCUT2D eigenvalue weighted by Crippen LogP contribution is -2.39. The molecule has 178 valence electrons. The number of benzene rings is 3. The lowest BCUT2D eigenvalue weighted by atomic mass is 10.2. The summed E-state index contributed by atoms with van der Waals surface area (Å²) in [5.41, 5.74) is 5.13. The van der Waals surface area contributed by atoms with Gasteiger partial charge in [0, 0.05) is 18.6 Å². The van der Waals surface area contributed by atoms with Gasteiger partial charge in [0.25, 0.3) is 15.9 Å². The number of amides is 1. The minimum Gasteiger partial charge on any atom is -0.377 e. The Balaban J connectivity index is 1.80. The SMILES string of the molecule is Cc1ccc(S(=O)(=O)N(CC(=O)N/N=C\c2ccc(N(C)C)c(Br)c2)c2ccc(F)cc2)cc1. The van der Waals surface area contributed by atoms with E-state index in [0.717, 1.165) is 37.7 Å². The molecule has 0 aliphatic heterocycles. The van der Waals surface area contributed by atoms with Crippen LogP contribution in [0.15, 0.2) is 81.2 Å². The van der Waals surface area contributed by atoms with Crippen LogP contribution in [0.5, 0.6) is 0 Å². The van der Waals surface area contributed by atoms with Crippen LogP contribution in [0.1, 0.15) is 11.1 Å². The maximum Gasteiger partial charge on any atom is 0.264 e. The predicted octanol–water partition coefficient (Wildman–Crippen LogP) is 4.31. The van der Waals surface area contributed by atoms with E-state index in [2.05, 4.69) is 26.5 Å². The third-order valence-corrected chi connectivity index (χ3v) is 7.29. The molecule has 3 aromatic carbocycles. The van der Waals surface area contributed by atoms with E-state index in [-0.39, 0.29) is 10.6 Å². The molecule has 0 fully saturated rings. The van der Waals surface area contributed by atoms with Gasteiger partial charge in [0.1, 0.15) is 12.4 Å². The van der Waals surface area contributed by atoms with Gasteiger partial charge >= 0.3 is 0 Å². The third kappa shape index (κ3) is 6.21. The Morgan fingerprint density at radius 2 is 1.71 bits per heavy atom. The van der Waals surface area contributed by atoms with Gasteiger partial charge in [0.2, 0.25) is 0 Å². The molecular weight excluding hydrogens is 523 g/mol. The van der Waals surface area contributed by atoms with Gasteiger partial charge in [-0.2, -0.15) is 5.10 Å². The Morgan fingerprint density at radius 3 is 2.29 bits per heavy atom. The van der Waals surface area contributed by atoms with Gasteiger partial charge in [0.05, 0.1) is 22.5 Å². The smallest absolute Gasteiger partial charge is 0.264 e. The van der Waals surface area contributed by atoms with Crippen LogP contribution in [-0.2, 0) is 14.8 Å². The zero-order valence-corrected chi connectivity index (χ0v) is 21.3. The molecule has 34 heavy (non-hydrogen) atoms. The Labute approximate surface area is 207 Å². The molecule has 7 nitrogen and oxygen atoms in total. The number of halogens is 2. The summed E-state index contributed by atoms with van der Waals surface area (Å²) >= 11 is 3.49. The summed E-state index contributed by atoms with van der Waals surface area (Å²) in [6.07, 6.45) is 1.46. The Hall–Kier alpha value is -3.24. The van der Waals surface area contributed by atoms with Gasteiger partial charge in [0.15, 0.2) is 0 Å². The molecule has 10 heteroatoms. The van der Waals surface area contributed by atoms with Crippen molar-refractivity contribution in [2.75, 3.05) is 29.8 Å². The first kappa shape index (κ1) is 25.4. The molecule has 0 spiro atoms. The fourth-order valence-electron chi connectivity index (χ4n) is 3.07. The number of hydrogen-bond acceptors (Lipinski definition) is 5. The Morgan fingerprint density at radius 1 is 1.06 bits per heavy atom. The quantitative estimate of drug-likeness (QED) is 0.337. The molecule has 0 aliphatic rings. The largest absolute Gasteiger partial charge is 0.377 e. The second-order valence-electron chi connectivity index (χ2n) is 7.70. The number of sulfonamides is 1. The van der Waals surface area contributed by atoms with Crippen LogP contribution in [0.2, 0.25) is 0 Å². The summed E-state index contributed by atoms with van der Waals surface area (Å²) in [4.78, 5) is 14.6. The van der Waals surface area contributed by atoms with Crippen molar-refractivity contribution in [3.8, 4) is 0 Å². The standard InChI is InChI=1S/C24H24BrFN4O3S/c1-17-4-11-21(12-5-17)34(32,33)30(20-9-7-19(26)8-10-20)16-24(31)28-27-15-18-6-13-23(29(2)3)22(25)14-18/h4-15H,16H2,1-3H3,(H,28,31)/b27-15-. The molecule has 3 rings (SSSR count). The maximum absolute atomic E-state index is 13.4. The number of carbonyl (C=O) groups is 1. The average Bonchev–Trinajstić information content (AvgIpc) is 2.78. The molecule has 1 amide bonds. The molecule has 3 aromatic rings. The van der Waals surface area contributed by atoms with Crippen molar-refractivity contribution in [3.63, 3.8) is 0 Å². The number of rotatable bonds is 8. The van der Waals surface area contributed by atoms with Crippen molar-refractivity contribution in [1.82, 2.24) is 5.43 Å². The first-order chi connectivity index (χ1) is 16.1. The van der Waals surface area contributed by atoms with Crippen molar-refractivity contribution in [3.05, 3.63) is 88.1 Å². The van der Waals surface area contributed by atoms with Crippen LogP contribution in [-0.4, -0.2) is 41.2 Å². The lowest BCUT2D eigenvalue weighted by Gasteiger charge is -2.23. The summed E-state index contributed by atoms with van der Waals surface area (Å²) in [6.45, 7) is 1.30. The zero-order valence-electron chi connectivity index (χ0n) is 18.9. The first-order valence-corrected chi connectivity index (χ1v) is 12.4. The Kier molecular flexibility index (Phi) is 8.06. The van der Waals surface area contributed by atoms with Crippen LogP contribution in [0, 0.1) is 12.7 Å². The maximum atomic E-state index is 13.4. The van der Waals surface area contributed by atoms with Crippen molar-refractivity contribution in [2.24, 2.45) is 5.10 Å². The predicted molar refractivity (Wildman–Crippen MR) is 136 cm³/mol. The van der Waals surface area contributed by atoms with Crippen molar-refractivity contribution >= 4 is 49.4 Å². The second kappa shape index (κ2) is 10.8. The average molecular weight is 547 g/mol. The fourth-order valence-corrected chi connectivity index (χ4v) is 5.24. The van der Waals surface area contributed by atoms with Gasteiger partial charge in [-0.15, -0.1) is 0 Å². The van der Waals surface area contributed by atoms with E-state index in [0.29, 0.717) is 0 Å². The monoisotopic (exact) mass is 546 g/mol. The van der Waals surface area contributed by atoms with Crippen LogP contribution >= 0.6 is 15.9 Å². The molecule has 0 aliphatic carbocycles. The number of nitrogens with one attached hydrogen (secondary N) is 1. The normalized spacial score (nSPS) is 11.4. The highest BCUT2D eigenvalue weighted by molar-refractivity contribution is 9.10. The third-order valence-electron chi connectivity index (χ3n) is 4.87. The number of anilines is 2. The van der Waals surface area contributed by atoms with Crippen LogP contribution in [0.25, 0.3) is 0 Å². The number of carbonyl (C=O) groups excluding carboxylic acids is 1. The second-order valence-corrected chi connectivity index (χ2v) is 10.4. The lowest BCUT2D eigenvalue weighted by molar-refractivity contribution is -0.119. The molecule has 0 bridgehead atoms. The molecule has 0 unspecified atom stereocenters. The van der Waals surface area contributed by atoms with Crippen molar-refractivity contribution in [2.45, 2.75) is 11.8 Å².